The van der Waals surface area contributed by atoms with Gasteiger partial charge in [0.2, 0.25) is 0 Å². The summed E-state index contributed by atoms with van der Waals surface area (Å²) in [5, 5.41) is 0. The Kier molecular flexibility index (Phi) is 2.82. The molecule has 0 aromatic carbocycles. The van der Waals surface area contributed by atoms with Gasteiger partial charge in [-0.15, -0.1) is 0 Å². The lowest BCUT2D eigenvalue weighted by Crippen LogP contribution is -2.29. The molecule has 2 heteroatoms. The Morgan fingerprint density at radius 1 is 1.32 bits per heavy atom. The largest absolute Gasteiger partial charge is 0.463 e. The highest BCUT2D eigenvalue weighted by Gasteiger charge is 2.70. The SMILES string of the molecule is CC(=O)OC(C)CC1CC1C1CC2CC2(C)C1(C)C. The molecule has 0 spiro atoms. The summed E-state index contributed by atoms with van der Waals surface area (Å²) in [5.41, 5.74) is 1.15. The Hall–Kier alpha value is -0.530. The van der Waals surface area contributed by atoms with Crippen LogP contribution in [0, 0.1) is 34.5 Å². The highest BCUT2D eigenvalue weighted by molar-refractivity contribution is 5.66. The maximum Gasteiger partial charge on any atom is 0.302 e. The van der Waals surface area contributed by atoms with Crippen molar-refractivity contribution in [3.05, 3.63) is 0 Å². The molecule has 0 N–H and O–H groups in total. The van der Waals surface area contributed by atoms with Crippen LogP contribution in [0.3, 0.4) is 0 Å². The number of carbonyl (C=O) groups excluding carboxylic acids is 1. The van der Waals surface area contributed by atoms with E-state index in [-0.39, 0.29) is 12.1 Å². The van der Waals surface area contributed by atoms with Crippen molar-refractivity contribution in [2.45, 2.75) is 66.4 Å². The molecule has 3 aliphatic rings. The van der Waals surface area contributed by atoms with Crippen LogP contribution in [0.5, 0.6) is 0 Å². The third-order valence-corrected chi connectivity index (χ3v) is 6.84. The summed E-state index contributed by atoms with van der Waals surface area (Å²) in [6.45, 7) is 11.0. The number of carbonyl (C=O) groups is 1. The number of esters is 1. The molecule has 0 aromatic rings. The second kappa shape index (κ2) is 3.99. The summed E-state index contributed by atoms with van der Waals surface area (Å²) in [6.07, 6.45) is 5.44. The Morgan fingerprint density at radius 2 is 2.00 bits per heavy atom. The van der Waals surface area contributed by atoms with E-state index in [1.807, 2.05) is 6.92 Å². The van der Waals surface area contributed by atoms with Crippen LogP contribution in [0.1, 0.15) is 60.3 Å². The normalized spacial score (nSPS) is 47.4. The molecule has 3 fully saturated rings. The van der Waals surface area contributed by atoms with Crippen molar-refractivity contribution in [1.29, 1.82) is 0 Å². The maximum atomic E-state index is 11.0. The van der Waals surface area contributed by atoms with E-state index in [0.717, 1.165) is 30.1 Å². The minimum absolute atomic E-state index is 0.0992. The minimum Gasteiger partial charge on any atom is -0.463 e. The minimum atomic E-state index is -0.139. The number of hydrogen-bond donors (Lipinski definition) is 0. The number of rotatable bonds is 4. The quantitative estimate of drug-likeness (QED) is 0.716. The molecule has 0 bridgehead atoms. The molecule has 0 radical (unpaired) electrons. The lowest BCUT2D eigenvalue weighted by molar-refractivity contribution is -0.145. The monoisotopic (exact) mass is 264 g/mol. The first-order valence-electron chi connectivity index (χ1n) is 7.93. The summed E-state index contributed by atoms with van der Waals surface area (Å²) in [6, 6.07) is 0. The molecule has 0 aliphatic heterocycles. The van der Waals surface area contributed by atoms with E-state index in [0.29, 0.717) is 10.8 Å². The van der Waals surface area contributed by atoms with Crippen molar-refractivity contribution < 1.29 is 9.53 Å². The fourth-order valence-corrected chi connectivity index (χ4v) is 5.11. The van der Waals surface area contributed by atoms with Crippen molar-refractivity contribution in [2.24, 2.45) is 34.5 Å². The highest BCUT2D eigenvalue weighted by Crippen LogP contribution is 2.77. The van der Waals surface area contributed by atoms with Crippen molar-refractivity contribution in [3.63, 3.8) is 0 Å². The smallest absolute Gasteiger partial charge is 0.302 e. The van der Waals surface area contributed by atoms with Crippen molar-refractivity contribution in [3.8, 4) is 0 Å². The van der Waals surface area contributed by atoms with Crippen LogP contribution in [0.2, 0.25) is 0 Å². The average Bonchev–Trinajstić information content (AvgIpc) is 3.10. The molecule has 2 nitrogen and oxygen atoms in total. The van der Waals surface area contributed by atoms with Gasteiger partial charge in [0, 0.05) is 6.92 Å². The first-order valence-corrected chi connectivity index (χ1v) is 7.93. The van der Waals surface area contributed by atoms with Crippen LogP contribution < -0.4 is 0 Å². The first kappa shape index (κ1) is 13.5. The van der Waals surface area contributed by atoms with E-state index in [4.69, 9.17) is 4.74 Å². The average molecular weight is 264 g/mol. The zero-order chi connectivity index (χ0) is 14.0. The molecular weight excluding hydrogens is 236 g/mol. The molecule has 0 saturated heterocycles. The van der Waals surface area contributed by atoms with Gasteiger partial charge in [0.15, 0.2) is 0 Å². The van der Waals surface area contributed by atoms with Gasteiger partial charge in [-0.1, -0.05) is 20.8 Å². The molecule has 3 saturated carbocycles. The topological polar surface area (TPSA) is 26.3 Å². The summed E-state index contributed by atoms with van der Waals surface area (Å²) in [5.74, 6) is 3.47. The molecule has 108 valence electrons. The molecular formula is C17H28O2. The fourth-order valence-electron chi connectivity index (χ4n) is 5.11. The van der Waals surface area contributed by atoms with Gasteiger partial charge in [0.1, 0.15) is 0 Å². The van der Waals surface area contributed by atoms with Gasteiger partial charge in [-0.25, -0.2) is 0 Å². The molecule has 6 atom stereocenters. The fraction of sp³-hybridized carbons (Fsp3) is 0.941. The van der Waals surface area contributed by atoms with Gasteiger partial charge in [0.05, 0.1) is 6.10 Å². The number of fused-ring (bicyclic) bond motifs is 1. The van der Waals surface area contributed by atoms with E-state index >= 15 is 0 Å². The zero-order valence-electron chi connectivity index (χ0n) is 13.0. The molecule has 0 heterocycles. The zero-order valence-corrected chi connectivity index (χ0v) is 13.0. The Labute approximate surface area is 117 Å². The van der Waals surface area contributed by atoms with E-state index in [1.54, 1.807) is 0 Å². The summed E-state index contributed by atoms with van der Waals surface area (Å²) >= 11 is 0. The van der Waals surface area contributed by atoms with E-state index in [2.05, 4.69) is 20.8 Å². The lowest BCUT2D eigenvalue weighted by Gasteiger charge is -2.36. The van der Waals surface area contributed by atoms with Crippen molar-refractivity contribution in [2.75, 3.05) is 0 Å². The van der Waals surface area contributed by atoms with Crippen LogP contribution >= 0.6 is 0 Å². The van der Waals surface area contributed by atoms with E-state index in [1.165, 1.54) is 26.2 Å². The predicted molar refractivity (Wildman–Crippen MR) is 75.5 cm³/mol. The molecule has 3 rings (SSSR count). The van der Waals surface area contributed by atoms with Crippen LogP contribution in [-0.2, 0) is 9.53 Å². The molecule has 0 amide bonds. The standard InChI is InChI=1S/C17H28O2/c1-10(19-11(2)18)6-12-7-14(12)15-8-13-9-17(13,5)16(15,3)4/h10,12-15H,6-9H2,1-5H3. The van der Waals surface area contributed by atoms with E-state index in [9.17, 15) is 4.79 Å². The van der Waals surface area contributed by atoms with Gasteiger partial charge in [-0.05, 0) is 67.1 Å². The third kappa shape index (κ3) is 2.02. The Morgan fingerprint density at radius 3 is 2.53 bits per heavy atom. The summed E-state index contributed by atoms with van der Waals surface area (Å²) in [4.78, 5) is 11.0. The highest BCUT2D eigenvalue weighted by atomic mass is 16.5. The van der Waals surface area contributed by atoms with Crippen LogP contribution in [0.25, 0.3) is 0 Å². The molecule has 0 aromatic heterocycles. The van der Waals surface area contributed by atoms with Gasteiger partial charge >= 0.3 is 5.97 Å². The summed E-state index contributed by atoms with van der Waals surface area (Å²) in [7, 11) is 0. The second-order valence-electron chi connectivity index (χ2n) is 8.20. The third-order valence-electron chi connectivity index (χ3n) is 6.84. The predicted octanol–water partition coefficient (Wildman–Crippen LogP) is 4.04. The van der Waals surface area contributed by atoms with Crippen LogP contribution in [-0.4, -0.2) is 12.1 Å². The van der Waals surface area contributed by atoms with Crippen molar-refractivity contribution in [1.82, 2.24) is 0 Å². The van der Waals surface area contributed by atoms with Gasteiger partial charge in [0.25, 0.3) is 0 Å². The summed E-state index contributed by atoms with van der Waals surface area (Å²) < 4.78 is 5.27. The van der Waals surface area contributed by atoms with Crippen molar-refractivity contribution >= 4 is 5.97 Å². The van der Waals surface area contributed by atoms with Gasteiger partial charge < -0.3 is 4.74 Å². The van der Waals surface area contributed by atoms with E-state index < -0.39 is 0 Å². The molecule has 3 aliphatic carbocycles. The van der Waals surface area contributed by atoms with Crippen LogP contribution in [0.4, 0.5) is 0 Å². The number of ether oxygens (including phenoxy) is 1. The Balaban J connectivity index is 1.55. The van der Waals surface area contributed by atoms with Gasteiger partial charge in [-0.2, -0.15) is 0 Å². The molecule has 6 unspecified atom stereocenters. The lowest BCUT2D eigenvalue weighted by atomic mass is 9.69. The number of hydrogen-bond acceptors (Lipinski definition) is 2. The van der Waals surface area contributed by atoms with Gasteiger partial charge in [-0.3, -0.25) is 4.79 Å². The van der Waals surface area contributed by atoms with Crippen LogP contribution in [0.15, 0.2) is 0 Å². The first-order chi connectivity index (χ1) is 8.75. The second-order valence-corrected chi connectivity index (χ2v) is 8.20. The Bertz CT molecular complexity index is 400. The molecule has 19 heavy (non-hydrogen) atoms. The maximum absolute atomic E-state index is 11.0.